The van der Waals surface area contributed by atoms with Crippen molar-refractivity contribution in [3.63, 3.8) is 0 Å². The molecule has 20 heavy (non-hydrogen) atoms. The van der Waals surface area contributed by atoms with Crippen molar-refractivity contribution in [2.45, 2.75) is 0 Å². The van der Waals surface area contributed by atoms with Crippen LogP contribution in [0.25, 0.3) is 5.69 Å². The minimum atomic E-state index is -0.231. The standard InChI is InChI=1S/C15H12N4O/c16-13-9-5-4-8-12(13)15(20)14-10-19(18-17-14)11-6-2-1-3-7-11/h1-10H,16H2. The molecule has 0 unspecified atom stereocenters. The summed E-state index contributed by atoms with van der Waals surface area (Å²) in [5, 5.41) is 7.89. The van der Waals surface area contributed by atoms with E-state index < -0.39 is 0 Å². The molecule has 5 heteroatoms. The Morgan fingerprint density at radius 2 is 1.70 bits per heavy atom. The topological polar surface area (TPSA) is 73.8 Å². The van der Waals surface area contributed by atoms with Crippen LogP contribution in [0.2, 0.25) is 0 Å². The lowest BCUT2D eigenvalue weighted by Crippen LogP contribution is -2.05. The van der Waals surface area contributed by atoms with Gasteiger partial charge < -0.3 is 5.73 Å². The Morgan fingerprint density at radius 1 is 1.00 bits per heavy atom. The Morgan fingerprint density at radius 3 is 2.45 bits per heavy atom. The molecule has 0 radical (unpaired) electrons. The second-order valence-electron chi connectivity index (χ2n) is 4.30. The number of benzene rings is 2. The zero-order chi connectivity index (χ0) is 13.9. The summed E-state index contributed by atoms with van der Waals surface area (Å²) in [5.74, 6) is -0.231. The molecule has 98 valence electrons. The van der Waals surface area contributed by atoms with Gasteiger partial charge in [-0.15, -0.1) is 5.10 Å². The highest BCUT2D eigenvalue weighted by Gasteiger charge is 2.15. The lowest BCUT2D eigenvalue weighted by atomic mass is 10.1. The molecule has 0 atom stereocenters. The van der Waals surface area contributed by atoms with E-state index in [0.717, 1.165) is 5.69 Å². The van der Waals surface area contributed by atoms with Crippen LogP contribution in [0.3, 0.4) is 0 Å². The summed E-state index contributed by atoms with van der Waals surface area (Å²) in [6.07, 6.45) is 1.60. The summed E-state index contributed by atoms with van der Waals surface area (Å²) in [6.45, 7) is 0. The predicted molar refractivity (Wildman–Crippen MR) is 75.6 cm³/mol. The third-order valence-corrected chi connectivity index (χ3v) is 2.95. The second kappa shape index (κ2) is 4.97. The number of ketones is 1. The number of aromatic nitrogens is 3. The number of hydrogen-bond acceptors (Lipinski definition) is 4. The fourth-order valence-corrected chi connectivity index (χ4v) is 1.92. The molecule has 0 bridgehead atoms. The number of hydrogen-bond donors (Lipinski definition) is 1. The van der Waals surface area contributed by atoms with Crippen molar-refractivity contribution in [3.05, 3.63) is 72.1 Å². The Hall–Kier alpha value is -2.95. The zero-order valence-electron chi connectivity index (χ0n) is 10.6. The van der Waals surface area contributed by atoms with E-state index in [2.05, 4.69) is 10.3 Å². The number of nitrogens with two attached hydrogens (primary N) is 1. The van der Waals surface area contributed by atoms with Gasteiger partial charge in [0.1, 0.15) is 0 Å². The maximum atomic E-state index is 12.3. The Balaban J connectivity index is 1.95. The first-order valence-corrected chi connectivity index (χ1v) is 6.12. The van der Waals surface area contributed by atoms with Gasteiger partial charge in [0.2, 0.25) is 5.78 Å². The van der Waals surface area contributed by atoms with Crippen molar-refractivity contribution >= 4 is 11.5 Å². The monoisotopic (exact) mass is 264 g/mol. The zero-order valence-corrected chi connectivity index (χ0v) is 10.6. The van der Waals surface area contributed by atoms with Crippen LogP contribution in [-0.2, 0) is 0 Å². The van der Waals surface area contributed by atoms with Gasteiger partial charge in [0, 0.05) is 11.3 Å². The number of nitrogens with zero attached hydrogens (tertiary/aromatic N) is 3. The fraction of sp³-hybridized carbons (Fsp3) is 0. The van der Waals surface area contributed by atoms with E-state index >= 15 is 0 Å². The lowest BCUT2D eigenvalue weighted by Gasteiger charge is -2.01. The van der Waals surface area contributed by atoms with Crippen LogP contribution in [-0.4, -0.2) is 20.8 Å². The highest BCUT2D eigenvalue weighted by Crippen LogP contribution is 2.15. The molecule has 3 rings (SSSR count). The first-order valence-electron chi connectivity index (χ1n) is 6.12. The van der Waals surface area contributed by atoms with Crippen LogP contribution in [0.15, 0.2) is 60.8 Å². The minimum absolute atomic E-state index is 0.231. The number of nitrogen functional groups attached to an aromatic ring is 1. The smallest absolute Gasteiger partial charge is 0.216 e. The van der Waals surface area contributed by atoms with Crippen LogP contribution < -0.4 is 5.73 Å². The predicted octanol–water partition coefficient (Wildman–Crippen LogP) is 2.08. The fourth-order valence-electron chi connectivity index (χ4n) is 1.92. The summed E-state index contributed by atoms with van der Waals surface area (Å²) in [6, 6.07) is 16.4. The Bertz CT molecular complexity index is 749. The average molecular weight is 264 g/mol. The van der Waals surface area contributed by atoms with Crippen molar-refractivity contribution in [2.75, 3.05) is 5.73 Å². The van der Waals surface area contributed by atoms with Crippen molar-refractivity contribution in [2.24, 2.45) is 0 Å². The molecular weight excluding hydrogens is 252 g/mol. The molecule has 1 heterocycles. The summed E-state index contributed by atoms with van der Waals surface area (Å²) < 4.78 is 1.56. The molecule has 0 fully saturated rings. The van der Waals surface area contributed by atoms with E-state index in [0.29, 0.717) is 11.3 Å². The van der Waals surface area contributed by atoms with Crippen molar-refractivity contribution in [1.82, 2.24) is 15.0 Å². The number of para-hydroxylation sites is 2. The van der Waals surface area contributed by atoms with Crippen LogP contribution >= 0.6 is 0 Å². The quantitative estimate of drug-likeness (QED) is 0.580. The van der Waals surface area contributed by atoms with E-state index in [9.17, 15) is 4.79 Å². The molecule has 0 aliphatic rings. The molecule has 5 nitrogen and oxygen atoms in total. The van der Waals surface area contributed by atoms with E-state index in [1.165, 1.54) is 0 Å². The van der Waals surface area contributed by atoms with E-state index in [4.69, 9.17) is 5.73 Å². The van der Waals surface area contributed by atoms with Crippen LogP contribution in [0.4, 0.5) is 5.69 Å². The number of carbonyl (C=O) groups is 1. The Labute approximate surface area is 115 Å². The highest BCUT2D eigenvalue weighted by atomic mass is 16.1. The van der Waals surface area contributed by atoms with Gasteiger partial charge in [-0.2, -0.15) is 0 Å². The number of rotatable bonds is 3. The summed E-state index contributed by atoms with van der Waals surface area (Å²) in [5.41, 5.74) is 7.79. The third kappa shape index (κ3) is 2.16. The highest BCUT2D eigenvalue weighted by molar-refractivity contribution is 6.10. The molecule has 2 N–H and O–H groups in total. The average Bonchev–Trinajstić information content (AvgIpc) is 2.98. The van der Waals surface area contributed by atoms with E-state index in [1.807, 2.05) is 30.3 Å². The van der Waals surface area contributed by atoms with Gasteiger partial charge in [0.25, 0.3) is 0 Å². The third-order valence-electron chi connectivity index (χ3n) is 2.95. The van der Waals surface area contributed by atoms with Crippen molar-refractivity contribution in [1.29, 1.82) is 0 Å². The van der Waals surface area contributed by atoms with Crippen molar-refractivity contribution in [3.8, 4) is 5.69 Å². The molecular formula is C15H12N4O. The summed E-state index contributed by atoms with van der Waals surface area (Å²) in [4.78, 5) is 12.3. The van der Waals surface area contributed by atoms with Crippen molar-refractivity contribution < 1.29 is 4.79 Å². The van der Waals surface area contributed by atoms with Crippen LogP contribution in [0.1, 0.15) is 16.1 Å². The van der Waals surface area contributed by atoms with E-state index in [-0.39, 0.29) is 11.5 Å². The molecule has 0 aliphatic heterocycles. The summed E-state index contributed by atoms with van der Waals surface area (Å²) >= 11 is 0. The molecule has 1 aromatic heterocycles. The summed E-state index contributed by atoms with van der Waals surface area (Å²) in [7, 11) is 0. The van der Waals surface area contributed by atoms with Crippen LogP contribution in [0, 0.1) is 0 Å². The molecule has 0 amide bonds. The van der Waals surface area contributed by atoms with Gasteiger partial charge in [-0.3, -0.25) is 4.79 Å². The van der Waals surface area contributed by atoms with Gasteiger partial charge in [-0.1, -0.05) is 35.5 Å². The number of anilines is 1. The number of carbonyl (C=O) groups excluding carboxylic acids is 1. The van der Waals surface area contributed by atoms with Gasteiger partial charge in [-0.25, -0.2) is 4.68 Å². The molecule has 0 saturated heterocycles. The SMILES string of the molecule is Nc1ccccc1C(=O)c1cn(-c2ccccc2)nn1. The van der Waals surface area contributed by atoms with Gasteiger partial charge in [0.05, 0.1) is 11.9 Å². The molecule has 0 spiro atoms. The van der Waals surface area contributed by atoms with E-state index in [1.54, 1.807) is 35.1 Å². The maximum absolute atomic E-state index is 12.3. The first kappa shape index (κ1) is 12.1. The maximum Gasteiger partial charge on any atom is 0.216 e. The largest absolute Gasteiger partial charge is 0.398 e. The van der Waals surface area contributed by atoms with Crippen LogP contribution in [0.5, 0.6) is 0 Å². The first-order chi connectivity index (χ1) is 9.75. The van der Waals surface area contributed by atoms with Gasteiger partial charge in [0.15, 0.2) is 5.69 Å². The second-order valence-corrected chi connectivity index (χ2v) is 4.30. The molecule has 2 aromatic carbocycles. The van der Waals surface area contributed by atoms with Gasteiger partial charge in [-0.05, 0) is 24.3 Å². The molecule has 0 saturated carbocycles. The van der Waals surface area contributed by atoms with Gasteiger partial charge >= 0.3 is 0 Å². The molecule has 3 aromatic rings. The normalized spacial score (nSPS) is 10.4. The Kier molecular flexibility index (Phi) is 3.01. The lowest BCUT2D eigenvalue weighted by molar-refractivity contribution is 0.103. The molecule has 0 aliphatic carbocycles. The minimum Gasteiger partial charge on any atom is -0.398 e.